The van der Waals surface area contributed by atoms with Gasteiger partial charge in [0.2, 0.25) is 5.88 Å². The summed E-state index contributed by atoms with van der Waals surface area (Å²) in [6.07, 6.45) is 8.20. The Morgan fingerprint density at radius 2 is 2.00 bits per heavy atom. The van der Waals surface area contributed by atoms with E-state index >= 15 is 0 Å². The van der Waals surface area contributed by atoms with Crippen molar-refractivity contribution in [3.8, 4) is 5.88 Å². The van der Waals surface area contributed by atoms with Gasteiger partial charge in [-0.05, 0) is 32.6 Å². The Hall–Kier alpha value is -1.12. The van der Waals surface area contributed by atoms with Crippen molar-refractivity contribution in [3.63, 3.8) is 0 Å². The summed E-state index contributed by atoms with van der Waals surface area (Å²) in [5.74, 6) is 0.726. The predicted octanol–water partition coefficient (Wildman–Crippen LogP) is 2.50. The minimum Gasteiger partial charge on any atom is -0.474 e. The topological polar surface area (TPSA) is 35.0 Å². The fourth-order valence-corrected chi connectivity index (χ4v) is 1.85. The van der Waals surface area contributed by atoms with Gasteiger partial charge < -0.3 is 4.74 Å². The van der Waals surface area contributed by atoms with Crippen LogP contribution in [-0.4, -0.2) is 16.1 Å². The normalized spacial score (nSPS) is 18.1. The average molecular weight is 192 g/mol. The SMILES string of the molecule is Cc1cc(OC2CCCCC2)ncn1. The summed E-state index contributed by atoms with van der Waals surface area (Å²) < 4.78 is 5.78. The van der Waals surface area contributed by atoms with E-state index in [9.17, 15) is 0 Å². The molecule has 0 radical (unpaired) electrons. The van der Waals surface area contributed by atoms with Crippen molar-refractivity contribution in [2.24, 2.45) is 0 Å². The zero-order valence-corrected chi connectivity index (χ0v) is 8.57. The van der Waals surface area contributed by atoms with Crippen LogP contribution in [0, 0.1) is 6.92 Å². The average Bonchev–Trinajstić information content (AvgIpc) is 2.19. The first-order chi connectivity index (χ1) is 6.84. The zero-order chi connectivity index (χ0) is 9.80. The predicted molar refractivity (Wildman–Crippen MR) is 54.3 cm³/mol. The molecule has 0 amide bonds. The molecule has 0 aliphatic heterocycles. The number of rotatable bonds is 2. The summed E-state index contributed by atoms with van der Waals surface area (Å²) in [6.45, 7) is 1.95. The molecule has 14 heavy (non-hydrogen) atoms. The fourth-order valence-electron chi connectivity index (χ4n) is 1.85. The van der Waals surface area contributed by atoms with Crippen LogP contribution in [0.3, 0.4) is 0 Å². The smallest absolute Gasteiger partial charge is 0.216 e. The van der Waals surface area contributed by atoms with Crippen molar-refractivity contribution < 1.29 is 4.74 Å². The molecule has 0 N–H and O–H groups in total. The lowest BCUT2D eigenvalue weighted by Crippen LogP contribution is -2.20. The Kier molecular flexibility index (Phi) is 2.96. The zero-order valence-electron chi connectivity index (χ0n) is 8.57. The fraction of sp³-hybridized carbons (Fsp3) is 0.636. The molecule has 0 bridgehead atoms. The first kappa shape index (κ1) is 9.44. The van der Waals surface area contributed by atoms with Gasteiger partial charge in [-0.1, -0.05) is 6.42 Å². The molecule has 1 aliphatic rings. The molecule has 0 unspecified atom stereocenters. The van der Waals surface area contributed by atoms with Gasteiger partial charge in [-0.3, -0.25) is 0 Å². The van der Waals surface area contributed by atoms with Crippen molar-refractivity contribution >= 4 is 0 Å². The first-order valence-electron chi connectivity index (χ1n) is 5.30. The monoisotopic (exact) mass is 192 g/mol. The Balaban J connectivity index is 1.95. The van der Waals surface area contributed by atoms with E-state index in [4.69, 9.17) is 4.74 Å². The lowest BCUT2D eigenvalue weighted by atomic mass is 9.98. The molecule has 0 saturated heterocycles. The lowest BCUT2D eigenvalue weighted by molar-refractivity contribution is 0.148. The van der Waals surface area contributed by atoms with Crippen LogP contribution in [0.2, 0.25) is 0 Å². The maximum Gasteiger partial charge on any atom is 0.216 e. The second-order valence-electron chi connectivity index (χ2n) is 3.88. The first-order valence-corrected chi connectivity index (χ1v) is 5.30. The summed E-state index contributed by atoms with van der Waals surface area (Å²) in [7, 11) is 0. The van der Waals surface area contributed by atoms with Crippen LogP contribution in [0.4, 0.5) is 0 Å². The van der Waals surface area contributed by atoms with E-state index in [1.807, 2.05) is 13.0 Å². The van der Waals surface area contributed by atoms with E-state index in [1.165, 1.54) is 32.1 Å². The van der Waals surface area contributed by atoms with Crippen molar-refractivity contribution in [1.82, 2.24) is 9.97 Å². The second-order valence-corrected chi connectivity index (χ2v) is 3.88. The number of nitrogens with zero attached hydrogens (tertiary/aromatic N) is 2. The van der Waals surface area contributed by atoms with E-state index in [0.717, 1.165) is 11.6 Å². The van der Waals surface area contributed by atoms with Crippen LogP contribution in [0.1, 0.15) is 37.8 Å². The molecule has 3 nitrogen and oxygen atoms in total. The van der Waals surface area contributed by atoms with Gasteiger partial charge in [0.05, 0.1) is 0 Å². The molecule has 1 aliphatic carbocycles. The van der Waals surface area contributed by atoms with Gasteiger partial charge in [0.1, 0.15) is 12.4 Å². The van der Waals surface area contributed by atoms with Gasteiger partial charge in [0.25, 0.3) is 0 Å². The van der Waals surface area contributed by atoms with Crippen LogP contribution in [0.15, 0.2) is 12.4 Å². The van der Waals surface area contributed by atoms with Gasteiger partial charge in [-0.2, -0.15) is 0 Å². The number of hydrogen-bond acceptors (Lipinski definition) is 3. The highest BCUT2D eigenvalue weighted by Gasteiger charge is 2.15. The molecule has 1 saturated carbocycles. The van der Waals surface area contributed by atoms with Gasteiger partial charge in [0, 0.05) is 11.8 Å². The number of ether oxygens (including phenoxy) is 1. The van der Waals surface area contributed by atoms with Crippen LogP contribution in [0.25, 0.3) is 0 Å². The maximum absolute atomic E-state index is 5.78. The standard InChI is InChI=1S/C11H16N2O/c1-9-7-11(13-8-12-9)14-10-5-3-2-4-6-10/h7-8,10H,2-6H2,1H3. The van der Waals surface area contributed by atoms with Gasteiger partial charge in [-0.15, -0.1) is 0 Å². The summed E-state index contributed by atoms with van der Waals surface area (Å²) in [5, 5.41) is 0. The van der Waals surface area contributed by atoms with E-state index in [-0.39, 0.29) is 0 Å². The maximum atomic E-state index is 5.78. The van der Waals surface area contributed by atoms with Gasteiger partial charge in [0.15, 0.2) is 0 Å². The third kappa shape index (κ3) is 2.44. The minimum atomic E-state index is 0.373. The van der Waals surface area contributed by atoms with E-state index < -0.39 is 0 Å². The molecule has 1 aromatic heterocycles. The number of aryl methyl sites for hydroxylation is 1. The Labute approximate surface area is 84.5 Å². The lowest BCUT2D eigenvalue weighted by Gasteiger charge is -2.22. The summed E-state index contributed by atoms with van der Waals surface area (Å²) in [6, 6.07) is 1.90. The Morgan fingerprint density at radius 3 is 2.71 bits per heavy atom. The van der Waals surface area contributed by atoms with Crippen LogP contribution < -0.4 is 4.74 Å². The van der Waals surface area contributed by atoms with E-state index in [0.29, 0.717) is 6.10 Å². The molecule has 1 fully saturated rings. The van der Waals surface area contributed by atoms with Gasteiger partial charge >= 0.3 is 0 Å². The highest BCUT2D eigenvalue weighted by molar-refractivity contribution is 5.12. The Morgan fingerprint density at radius 1 is 1.21 bits per heavy atom. The highest BCUT2D eigenvalue weighted by atomic mass is 16.5. The van der Waals surface area contributed by atoms with Crippen LogP contribution in [0.5, 0.6) is 5.88 Å². The molecule has 2 rings (SSSR count). The van der Waals surface area contributed by atoms with Crippen LogP contribution in [-0.2, 0) is 0 Å². The summed E-state index contributed by atoms with van der Waals surface area (Å²) in [5.41, 5.74) is 0.964. The molecule has 1 heterocycles. The van der Waals surface area contributed by atoms with Crippen molar-refractivity contribution in [2.75, 3.05) is 0 Å². The highest BCUT2D eigenvalue weighted by Crippen LogP contribution is 2.21. The quantitative estimate of drug-likeness (QED) is 0.722. The summed E-state index contributed by atoms with van der Waals surface area (Å²) in [4.78, 5) is 8.14. The molecule has 0 atom stereocenters. The summed E-state index contributed by atoms with van der Waals surface area (Å²) >= 11 is 0. The van der Waals surface area contributed by atoms with Gasteiger partial charge in [-0.25, -0.2) is 9.97 Å². The third-order valence-electron chi connectivity index (χ3n) is 2.62. The van der Waals surface area contributed by atoms with Crippen molar-refractivity contribution in [3.05, 3.63) is 18.1 Å². The molecule has 1 aromatic rings. The molecular formula is C11H16N2O. The van der Waals surface area contributed by atoms with Crippen molar-refractivity contribution in [2.45, 2.75) is 45.1 Å². The number of hydrogen-bond donors (Lipinski definition) is 0. The van der Waals surface area contributed by atoms with E-state index in [1.54, 1.807) is 6.33 Å². The molecule has 76 valence electrons. The largest absolute Gasteiger partial charge is 0.474 e. The second kappa shape index (κ2) is 4.40. The molecular weight excluding hydrogens is 176 g/mol. The molecule has 0 aromatic carbocycles. The van der Waals surface area contributed by atoms with E-state index in [2.05, 4.69) is 9.97 Å². The minimum absolute atomic E-state index is 0.373. The molecule has 0 spiro atoms. The van der Waals surface area contributed by atoms with Crippen molar-refractivity contribution in [1.29, 1.82) is 0 Å². The van der Waals surface area contributed by atoms with Crippen LogP contribution >= 0.6 is 0 Å². The third-order valence-corrected chi connectivity index (χ3v) is 2.62. The molecule has 3 heteroatoms. The number of aromatic nitrogens is 2. The Bertz CT molecular complexity index is 295.